The number of nitrogen functional groups attached to an aromatic ring is 1. The number of anilines is 4. The fourth-order valence-corrected chi connectivity index (χ4v) is 1.64. The first-order chi connectivity index (χ1) is 9.70. The van der Waals surface area contributed by atoms with E-state index in [1.807, 2.05) is 25.1 Å². The monoisotopic (exact) mass is 274 g/mol. The molecule has 0 aliphatic heterocycles. The molecule has 7 nitrogen and oxygen atoms in total. The Hall–Kier alpha value is -2.41. The number of hydrogen-bond donors (Lipinski definition) is 3. The topological polar surface area (TPSA) is 98.0 Å². The number of hydrogen-bond acceptors (Lipinski definition) is 7. The highest BCUT2D eigenvalue weighted by atomic mass is 16.5. The summed E-state index contributed by atoms with van der Waals surface area (Å²) in [5, 5.41) is 6.18. The summed E-state index contributed by atoms with van der Waals surface area (Å²) in [7, 11) is 1.64. The van der Waals surface area contributed by atoms with Crippen LogP contribution in [0.2, 0.25) is 0 Å². The van der Waals surface area contributed by atoms with Crippen LogP contribution in [0.4, 0.5) is 23.1 Å². The first-order valence-corrected chi connectivity index (χ1v) is 6.24. The molecule has 2 aromatic rings. The van der Waals surface area contributed by atoms with Crippen molar-refractivity contribution in [2.75, 3.05) is 36.6 Å². The number of methoxy groups -OCH3 is 1. The van der Waals surface area contributed by atoms with Crippen LogP contribution in [0, 0.1) is 6.92 Å². The van der Waals surface area contributed by atoms with E-state index in [2.05, 4.69) is 25.6 Å². The van der Waals surface area contributed by atoms with E-state index in [-0.39, 0.29) is 0 Å². The maximum atomic E-state index is 6.03. The van der Waals surface area contributed by atoms with Crippen LogP contribution in [0.3, 0.4) is 0 Å². The number of nitrogens with two attached hydrogens (primary N) is 1. The van der Waals surface area contributed by atoms with Gasteiger partial charge in [-0.1, -0.05) is 6.07 Å². The Morgan fingerprint density at radius 2 is 2.05 bits per heavy atom. The van der Waals surface area contributed by atoms with Gasteiger partial charge in [0, 0.05) is 19.3 Å². The maximum Gasteiger partial charge on any atom is 0.160 e. The van der Waals surface area contributed by atoms with Gasteiger partial charge in [0.25, 0.3) is 0 Å². The molecule has 0 saturated carbocycles. The third-order valence-corrected chi connectivity index (χ3v) is 2.62. The lowest BCUT2D eigenvalue weighted by Gasteiger charge is -2.12. The van der Waals surface area contributed by atoms with Crippen molar-refractivity contribution in [1.29, 1.82) is 0 Å². The molecule has 2 aromatic heterocycles. The summed E-state index contributed by atoms with van der Waals surface area (Å²) in [5.41, 5.74) is 7.40. The normalized spacial score (nSPS) is 10.3. The Morgan fingerprint density at radius 1 is 1.25 bits per heavy atom. The highest BCUT2D eigenvalue weighted by Crippen LogP contribution is 2.24. The van der Waals surface area contributed by atoms with Crippen molar-refractivity contribution in [2.45, 2.75) is 6.92 Å². The molecule has 0 aliphatic rings. The first-order valence-electron chi connectivity index (χ1n) is 6.24. The Balaban J connectivity index is 2.14. The molecule has 0 radical (unpaired) electrons. The number of aryl methyl sites for hydroxylation is 1. The molecule has 20 heavy (non-hydrogen) atoms. The zero-order valence-corrected chi connectivity index (χ0v) is 11.6. The van der Waals surface area contributed by atoms with Crippen LogP contribution < -0.4 is 16.4 Å². The van der Waals surface area contributed by atoms with Gasteiger partial charge in [-0.3, -0.25) is 0 Å². The van der Waals surface area contributed by atoms with E-state index in [1.54, 1.807) is 7.11 Å². The van der Waals surface area contributed by atoms with Gasteiger partial charge in [0.15, 0.2) is 11.6 Å². The van der Waals surface area contributed by atoms with Gasteiger partial charge in [-0.2, -0.15) is 0 Å². The molecule has 7 heteroatoms. The van der Waals surface area contributed by atoms with Crippen molar-refractivity contribution in [1.82, 2.24) is 15.0 Å². The van der Waals surface area contributed by atoms with Gasteiger partial charge < -0.3 is 21.1 Å². The Labute approximate surface area is 117 Å². The maximum absolute atomic E-state index is 6.03. The van der Waals surface area contributed by atoms with Gasteiger partial charge in [-0.25, -0.2) is 15.0 Å². The number of rotatable bonds is 6. The Kier molecular flexibility index (Phi) is 4.67. The van der Waals surface area contributed by atoms with Crippen molar-refractivity contribution >= 4 is 23.1 Å². The molecule has 4 N–H and O–H groups in total. The SMILES string of the molecule is COCCNc1ncnc(Nc2cccc(C)n2)c1N. The second-order valence-electron chi connectivity index (χ2n) is 4.19. The van der Waals surface area contributed by atoms with Gasteiger partial charge in [0.2, 0.25) is 0 Å². The second-order valence-corrected chi connectivity index (χ2v) is 4.19. The third-order valence-electron chi connectivity index (χ3n) is 2.62. The molecular weight excluding hydrogens is 256 g/mol. The van der Waals surface area contributed by atoms with Crippen LogP contribution in [0.25, 0.3) is 0 Å². The molecule has 0 aromatic carbocycles. The molecule has 106 valence electrons. The lowest BCUT2D eigenvalue weighted by molar-refractivity contribution is 0.210. The van der Waals surface area contributed by atoms with Crippen LogP contribution in [-0.4, -0.2) is 35.2 Å². The number of pyridine rings is 1. The van der Waals surface area contributed by atoms with Crippen molar-refractivity contribution in [3.63, 3.8) is 0 Å². The van der Waals surface area contributed by atoms with E-state index in [0.29, 0.717) is 36.3 Å². The molecule has 0 spiro atoms. The molecule has 2 heterocycles. The largest absolute Gasteiger partial charge is 0.393 e. The smallest absolute Gasteiger partial charge is 0.160 e. The highest BCUT2D eigenvalue weighted by Gasteiger charge is 2.08. The van der Waals surface area contributed by atoms with Gasteiger partial charge in [0.05, 0.1) is 6.61 Å². The predicted octanol–water partition coefficient (Wildman–Crippen LogP) is 1.56. The van der Waals surface area contributed by atoms with E-state index >= 15 is 0 Å². The van der Waals surface area contributed by atoms with Crippen molar-refractivity contribution < 1.29 is 4.74 Å². The zero-order valence-electron chi connectivity index (χ0n) is 11.6. The minimum absolute atomic E-state index is 0.451. The summed E-state index contributed by atoms with van der Waals surface area (Å²) in [6, 6.07) is 5.69. The van der Waals surface area contributed by atoms with E-state index in [0.717, 1.165) is 5.69 Å². The summed E-state index contributed by atoms with van der Waals surface area (Å²) < 4.78 is 4.97. The van der Waals surface area contributed by atoms with Crippen LogP contribution in [0.15, 0.2) is 24.5 Å². The Bertz CT molecular complexity index is 575. The molecule has 0 atom stereocenters. The summed E-state index contributed by atoms with van der Waals surface area (Å²) in [5.74, 6) is 1.79. The third kappa shape index (κ3) is 3.55. The summed E-state index contributed by atoms with van der Waals surface area (Å²) in [6.45, 7) is 3.12. The van der Waals surface area contributed by atoms with E-state index < -0.39 is 0 Å². The lowest BCUT2D eigenvalue weighted by Crippen LogP contribution is -2.12. The minimum atomic E-state index is 0.451. The van der Waals surface area contributed by atoms with Gasteiger partial charge in [-0.15, -0.1) is 0 Å². The number of nitrogens with one attached hydrogen (secondary N) is 2. The van der Waals surface area contributed by atoms with Gasteiger partial charge in [-0.05, 0) is 19.1 Å². The zero-order chi connectivity index (χ0) is 14.4. The molecular formula is C13H18N6O. The van der Waals surface area contributed by atoms with Crippen LogP contribution >= 0.6 is 0 Å². The quantitative estimate of drug-likeness (QED) is 0.688. The van der Waals surface area contributed by atoms with Gasteiger partial charge in [0.1, 0.15) is 17.8 Å². The fraction of sp³-hybridized carbons (Fsp3) is 0.308. The summed E-state index contributed by atoms with van der Waals surface area (Å²) in [6.07, 6.45) is 1.45. The van der Waals surface area contributed by atoms with E-state index in [4.69, 9.17) is 10.5 Å². The summed E-state index contributed by atoms with van der Waals surface area (Å²) >= 11 is 0. The van der Waals surface area contributed by atoms with E-state index in [9.17, 15) is 0 Å². The average Bonchev–Trinajstić information content (AvgIpc) is 2.43. The van der Waals surface area contributed by atoms with Crippen LogP contribution in [0.1, 0.15) is 5.69 Å². The highest BCUT2D eigenvalue weighted by molar-refractivity contribution is 5.76. The second kappa shape index (κ2) is 6.67. The minimum Gasteiger partial charge on any atom is -0.393 e. The standard InChI is InChI=1S/C13H18N6O/c1-9-4-3-5-10(18-9)19-13-11(14)12(16-8-17-13)15-6-7-20-2/h3-5,8H,6-7,14H2,1-2H3,(H2,15,16,17,18,19). The van der Waals surface area contributed by atoms with E-state index in [1.165, 1.54) is 6.33 Å². The van der Waals surface area contributed by atoms with Crippen LogP contribution in [-0.2, 0) is 4.74 Å². The van der Waals surface area contributed by atoms with Crippen molar-refractivity contribution in [3.05, 3.63) is 30.2 Å². The molecule has 0 saturated heterocycles. The van der Waals surface area contributed by atoms with Crippen LogP contribution in [0.5, 0.6) is 0 Å². The molecule has 2 rings (SSSR count). The fourth-order valence-electron chi connectivity index (χ4n) is 1.64. The molecule has 0 bridgehead atoms. The molecule has 0 amide bonds. The molecule has 0 fully saturated rings. The number of nitrogens with zero attached hydrogens (tertiary/aromatic N) is 3. The first kappa shape index (κ1) is 14.0. The molecule has 0 unspecified atom stereocenters. The summed E-state index contributed by atoms with van der Waals surface area (Å²) in [4.78, 5) is 12.6. The predicted molar refractivity (Wildman–Crippen MR) is 79.1 cm³/mol. The Morgan fingerprint density at radius 3 is 2.80 bits per heavy atom. The molecule has 0 aliphatic carbocycles. The number of ether oxygens (including phenoxy) is 1. The van der Waals surface area contributed by atoms with Gasteiger partial charge >= 0.3 is 0 Å². The van der Waals surface area contributed by atoms with Crippen molar-refractivity contribution in [3.8, 4) is 0 Å². The number of aromatic nitrogens is 3. The average molecular weight is 274 g/mol. The van der Waals surface area contributed by atoms with Crippen molar-refractivity contribution in [2.24, 2.45) is 0 Å². The lowest BCUT2D eigenvalue weighted by atomic mass is 10.3.